The normalized spacial score (nSPS) is 11.8. The van der Waals surface area contributed by atoms with Crippen LogP contribution in [-0.4, -0.2) is 24.1 Å². The summed E-state index contributed by atoms with van der Waals surface area (Å²) in [6.07, 6.45) is 0. The maximum Gasteiger partial charge on any atom is 0.164 e. The van der Waals surface area contributed by atoms with Crippen molar-refractivity contribution in [3.8, 4) is 45.5 Å². The molecule has 270 valence electrons. The molecule has 5 heteroatoms. The molecule has 12 aromatic rings. The number of benzene rings is 9. The van der Waals surface area contributed by atoms with E-state index in [1.807, 2.05) is 18.2 Å². The highest BCUT2D eigenvalue weighted by atomic mass is 15.0. The van der Waals surface area contributed by atoms with E-state index >= 15 is 0 Å². The van der Waals surface area contributed by atoms with Gasteiger partial charge in [-0.2, -0.15) is 0 Å². The molecule has 0 amide bonds. The topological polar surface area (TPSA) is 48.5 Å². The molecule has 0 saturated carbocycles. The van der Waals surface area contributed by atoms with E-state index in [-0.39, 0.29) is 0 Å². The first-order valence-electron chi connectivity index (χ1n) is 19.6. The van der Waals surface area contributed by atoms with Crippen LogP contribution in [0.25, 0.3) is 111 Å². The van der Waals surface area contributed by atoms with Gasteiger partial charge in [-0.25, -0.2) is 15.0 Å². The molecule has 0 bridgehead atoms. The zero-order valence-electron chi connectivity index (χ0n) is 31.3. The number of nitrogens with zero attached hydrogens (tertiary/aromatic N) is 5. The Bertz CT molecular complexity index is 3560. The lowest BCUT2D eigenvalue weighted by Gasteiger charge is -2.15. The molecular weight excluding hydrogens is 707 g/mol. The van der Waals surface area contributed by atoms with Gasteiger partial charge in [0.05, 0.1) is 27.8 Å². The Labute approximate surface area is 333 Å². The van der Waals surface area contributed by atoms with Crippen molar-refractivity contribution in [3.05, 3.63) is 200 Å². The van der Waals surface area contributed by atoms with Crippen LogP contribution >= 0.6 is 0 Å². The van der Waals surface area contributed by atoms with Gasteiger partial charge < -0.3 is 9.13 Å². The number of para-hydroxylation sites is 3. The number of rotatable bonds is 5. The van der Waals surface area contributed by atoms with Crippen LogP contribution in [0.1, 0.15) is 0 Å². The molecule has 0 N–H and O–H groups in total. The number of hydrogen-bond donors (Lipinski definition) is 0. The van der Waals surface area contributed by atoms with E-state index in [4.69, 9.17) is 15.0 Å². The van der Waals surface area contributed by atoms with E-state index in [0.29, 0.717) is 17.5 Å². The van der Waals surface area contributed by atoms with Gasteiger partial charge in [0.25, 0.3) is 0 Å². The minimum Gasteiger partial charge on any atom is -0.309 e. The molecule has 58 heavy (non-hydrogen) atoms. The summed E-state index contributed by atoms with van der Waals surface area (Å²) in [5.41, 5.74) is 9.51. The van der Waals surface area contributed by atoms with Crippen LogP contribution in [0.5, 0.6) is 0 Å². The summed E-state index contributed by atoms with van der Waals surface area (Å²) >= 11 is 0. The first-order chi connectivity index (χ1) is 28.7. The summed E-state index contributed by atoms with van der Waals surface area (Å²) in [4.78, 5) is 15.7. The summed E-state index contributed by atoms with van der Waals surface area (Å²) < 4.78 is 4.75. The number of fused-ring (bicyclic) bond motifs is 8. The lowest BCUT2D eigenvalue weighted by molar-refractivity contribution is 1.07. The van der Waals surface area contributed by atoms with Crippen molar-refractivity contribution in [2.45, 2.75) is 0 Å². The van der Waals surface area contributed by atoms with Crippen LogP contribution in [0.15, 0.2) is 200 Å². The maximum atomic E-state index is 5.32. The quantitative estimate of drug-likeness (QED) is 0.177. The van der Waals surface area contributed by atoms with E-state index in [0.717, 1.165) is 60.9 Å². The maximum absolute atomic E-state index is 5.32. The first-order valence-corrected chi connectivity index (χ1v) is 19.6. The molecule has 0 fully saturated rings. The molecule has 0 atom stereocenters. The van der Waals surface area contributed by atoms with Gasteiger partial charge >= 0.3 is 0 Å². The van der Waals surface area contributed by atoms with Crippen molar-refractivity contribution < 1.29 is 0 Å². The van der Waals surface area contributed by atoms with Crippen molar-refractivity contribution in [3.63, 3.8) is 0 Å². The molecule has 0 spiro atoms. The predicted molar refractivity (Wildman–Crippen MR) is 240 cm³/mol. The molecule has 3 aromatic heterocycles. The van der Waals surface area contributed by atoms with Crippen LogP contribution in [0, 0.1) is 0 Å². The fourth-order valence-electron chi connectivity index (χ4n) is 8.83. The van der Waals surface area contributed by atoms with Crippen molar-refractivity contribution in [2.75, 3.05) is 0 Å². The third-order valence-electron chi connectivity index (χ3n) is 11.5. The lowest BCUT2D eigenvalue weighted by Crippen LogP contribution is -2.02. The van der Waals surface area contributed by atoms with Gasteiger partial charge in [-0.3, -0.25) is 0 Å². The van der Waals surface area contributed by atoms with Gasteiger partial charge in [0.15, 0.2) is 17.5 Å². The highest BCUT2D eigenvalue weighted by Crippen LogP contribution is 2.39. The average Bonchev–Trinajstić information content (AvgIpc) is 3.80. The Kier molecular flexibility index (Phi) is 7.16. The Morgan fingerprint density at radius 1 is 0.276 bits per heavy atom. The third-order valence-corrected chi connectivity index (χ3v) is 11.5. The Hall–Kier alpha value is -7.89. The second kappa shape index (κ2) is 12.8. The number of aromatic nitrogens is 5. The van der Waals surface area contributed by atoms with E-state index < -0.39 is 0 Å². The SMILES string of the molecule is c1ccc(-c2nc(-c3cc(-n4c5ccccc5c5cc6ccccc6cc54)c4ccccc4c3)nc(-c3ccc4c5ccccc5n(-c5ccccc5)c4c3)n2)cc1. The summed E-state index contributed by atoms with van der Waals surface area (Å²) in [5.74, 6) is 1.86. The first kappa shape index (κ1) is 32.4. The van der Waals surface area contributed by atoms with E-state index in [1.165, 1.54) is 32.3 Å². The lowest BCUT2D eigenvalue weighted by atomic mass is 10.0. The molecule has 0 unspecified atom stereocenters. The molecule has 0 aliphatic carbocycles. The highest BCUT2D eigenvalue weighted by molar-refractivity contribution is 6.15. The zero-order chi connectivity index (χ0) is 38.2. The summed E-state index contributed by atoms with van der Waals surface area (Å²) in [6.45, 7) is 0. The Morgan fingerprint density at radius 2 is 0.793 bits per heavy atom. The van der Waals surface area contributed by atoms with Gasteiger partial charge in [-0.05, 0) is 70.8 Å². The van der Waals surface area contributed by atoms with Crippen LogP contribution in [-0.2, 0) is 0 Å². The monoisotopic (exact) mass is 739 g/mol. The molecule has 0 aliphatic rings. The Morgan fingerprint density at radius 3 is 1.53 bits per heavy atom. The fraction of sp³-hybridized carbons (Fsp3) is 0. The average molecular weight is 740 g/mol. The van der Waals surface area contributed by atoms with Crippen LogP contribution in [0.4, 0.5) is 0 Å². The molecule has 0 radical (unpaired) electrons. The van der Waals surface area contributed by atoms with Gasteiger partial charge in [0.2, 0.25) is 0 Å². The largest absolute Gasteiger partial charge is 0.309 e. The van der Waals surface area contributed by atoms with Crippen LogP contribution < -0.4 is 0 Å². The second-order valence-electron chi connectivity index (χ2n) is 14.9. The van der Waals surface area contributed by atoms with Crippen molar-refractivity contribution in [1.29, 1.82) is 0 Å². The second-order valence-corrected chi connectivity index (χ2v) is 14.9. The Balaban J connectivity index is 1.12. The highest BCUT2D eigenvalue weighted by Gasteiger charge is 2.20. The zero-order valence-corrected chi connectivity index (χ0v) is 31.3. The van der Waals surface area contributed by atoms with Gasteiger partial charge in [-0.1, -0.05) is 146 Å². The molecule has 12 rings (SSSR count). The molecular formula is C53H33N5. The van der Waals surface area contributed by atoms with Crippen molar-refractivity contribution in [1.82, 2.24) is 24.1 Å². The van der Waals surface area contributed by atoms with Gasteiger partial charge in [0, 0.05) is 49.3 Å². The van der Waals surface area contributed by atoms with E-state index in [1.54, 1.807) is 0 Å². The number of hydrogen-bond acceptors (Lipinski definition) is 3. The fourth-order valence-corrected chi connectivity index (χ4v) is 8.83. The molecule has 3 heterocycles. The third kappa shape index (κ3) is 5.07. The smallest absolute Gasteiger partial charge is 0.164 e. The standard InChI is InChI=1S/C53H33N5/c1-3-15-34(16-4-1)51-54-52(38-27-28-44-42-23-11-13-25-46(42)57(49(44)32-38)40-20-5-2-6-21-40)56-53(55-51)39-29-37-19-9-10-22-41(37)48(33-39)58-47-26-14-12-24-43(47)45-30-35-17-7-8-18-36(35)31-50(45)58/h1-33H. The summed E-state index contributed by atoms with van der Waals surface area (Å²) in [7, 11) is 0. The van der Waals surface area contributed by atoms with E-state index in [9.17, 15) is 0 Å². The van der Waals surface area contributed by atoms with Gasteiger partial charge in [0.1, 0.15) is 0 Å². The molecule has 9 aromatic carbocycles. The van der Waals surface area contributed by atoms with Crippen LogP contribution in [0.3, 0.4) is 0 Å². The van der Waals surface area contributed by atoms with Crippen LogP contribution in [0.2, 0.25) is 0 Å². The predicted octanol–water partition coefficient (Wildman–Crippen LogP) is 13.4. The van der Waals surface area contributed by atoms with Gasteiger partial charge in [-0.15, -0.1) is 0 Å². The van der Waals surface area contributed by atoms with E-state index in [2.05, 4.69) is 191 Å². The molecule has 0 aliphatic heterocycles. The van der Waals surface area contributed by atoms with Crippen molar-refractivity contribution >= 4 is 65.2 Å². The summed E-state index contributed by atoms with van der Waals surface area (Å²) in [6, 6.07) is 71.0. The van der Waals surface area contributed by atoms with Crippen molar-refractivity contribution in [2.24, 2.45) is 0 Å². The minimum atomic E-state index is 0.616. The minimum absolute atomic E-state index is 0.616. The summed E-state index contributed by atoms with van der Waals surface area (Å²) in [5, 5.41) is 9.52. The molecule has 5 nitrogen and oxygen atoms in total. The molecule has 0 saturated heterocycles.